The Labute approximate surface area is 143 Å². The molecule has 0 saturated carbocycles. The van der Waals surface area contributed by atoms with E-state index in [0.29, 0.717) is 11.6 Å². The summed E-state index contributed by atoms with van der Waals surface area (Å²) in [5.41, 5.74) is 0.475. The fourth-order valence-corrected chi connectivity index (χ4v) is 2.27. The average molecular weight is 343 g/mol. The van der Waals surface area contributed by atoms with Crippen LogP contribution in [-0.2, 0) is 0 Å². The van der Waals surface area contributed by atoms with Crippen molar-refractivity contribution in [3.05, 3.63) is 73.8 Å². The van der Waals surface area contributed by atoms with Gasteiger partial charge in [0.15, 0.2) is 0 Å². The second-order valence-electron chi connectivity index (χ2n) is 5.64. The lowest BCUT2D eigenvalue weighted by molar-refractivity contribution is -0.394. The number of carbonyl (C=O) groups excluding carboxylic acids is 1. The minimum Gasteiger partial charge on any atom is -0.322 e. The lowest BCUT2D eigenvalue weighted by Crippen LogP contribution is -2.12. The van der Waals surface area contributed by atoms with Crippen LogP contribution in [0.25, 0.3) is 0 Å². The first-order chi connectivity index (χ1) is 11.8. The molecular weight excluding hydrogens is 326 g/mol. The van der Waals surface area contributed by atoms with E-state index in [1.165, 1.54) is 0 Å². The number of rotatable bonds is 6. The third-order valence-corrected chi connectivity index (χ3v) is 3.94. The Morgan fingerprint density at radius 2 is 1.56 bits per heavy atom. The molecule has 0 aliphatic carbocycles. The molecule has 0 aliphatic heterocycles. The van der Waals surface area contributed by atoms with Crippen LogP contribution in [0, 0.1) is 20.2 Å². The molecule has 0 spiro atoms. The molecule has 1 N–H and O–H groups in total. The third kappa shape index (κ3) is 4.37. The van der Waals surface area contributed by atoms with Crippen molar-refractivity contribution in [2.24, 2.45) is 0 Å². The van der Waals surface area contributed by atoms with Gasteiger partial charge in [-0.3, -0.25) is 25.0 Å². The predicted molar refractivity (Wildman–Crippen MR) is 92.9 cm³/mol. The van der Waals surface area contributed by atoms with Crippen molar-refractivity contribution in [1.82, 2.24) is 0 Å². The second kappa shape index (κ2) is 7.52. The summed E-state index contributed by atoms with van der Waals surface area (Å²) < 4.78 is 0. The lowest BCUT2D eigenvalue weighted by atomic mass is 9.98. The minimum atomic E-state index is -0.773. The zero-order valence-corrected chi connectivity index (χ0v) is 13.8. The maximum atomic E-state index is 12.3. The fraction of sp³-hybridized carbons (Fsp3) is 0.235. The van der Waals surface area contributed by atoms with E-state index in [2.05, 4.69) is 19.2 Å². The summed E-state index contributed by atoms with van der Waals surface area (Å²) in [4.78, 5) is 32.5. The summed E-state index contributed by atoms with van der Waals surface area (Å²) in [7, 11) is 0. The van der Waals surface area contributed by atoms with E-state index in [4.69, 9.17) is 0 Å². The number of hydrogen-bond donors (Lipinski definition) is 1. The molecule has 2 aromatic rings. The van der Waals surface area contributed by atoms with Crippen molar-refractivity contribution in [1.29, 1.82) is 0 Å². The first kappa shape index (κ1) is 18.1. The molecule has 0 bridgehead atoms. The monoisotopic (exact) mass is 343 g/mol. The third-order valence-electron chi connectivity index (χ3n) is 3.94. The van der Waals surface area contributed by atoms with Crippen LogP contribution in [0.2, 0.25) is 0 Å². The van der Waals surface area contributed by atoms with Crippen LogP contribution in [0.1, 0.15) is 42.1 Å². The van der Waals surface area contributed by atoms with Gasteiger partial charge in [-0.25, -0.2) is 0 Å². The Bertz CT molecular complexity index is 785. The van der Waals surface area contributed by atoms with E-state index < -0.39 is 27.1 Å². The smallest absolute Gasteiger partial charge is 0.277 e. The highest BCUT2D eigenvalue weighted by molar-refractivity contribution is 6.05. The van der Waals surface area contributed by atoms with E-state index in [-0.39, 0.29) is 5.56 Å². The van der Waals surface area contributed by atoms with Crippen molar-refractivity contribution in [3.8, 4) is 0 Å². The molecule has 0 heterocycles. The average Bonchev–Trinajstić information content (AvgIpc) is 2.61. The number of nitrogens with one attached hydrogen (secondary N) is 1. The predicted octanol–water partition coefficient (Wildman–Crippen LogP) is 4.27. The molecule has 8 heteroatoms. The number of hydrogen-bond acceptors (Lipinski definition) is 5. The van der Waals surface area contributed by atoms with Gasteiger partial charge in [-0.15, -0.1) is 0 Å². The molecule has 2 aromatic carbocycles. The normalized spacial score (nSPS) is 11.6. The van der Waals surface area contributed by atoms with Gasteiger partial charge < -0.3 is 5.32 Å². The van der Waals surface area contributed by atoms with Crippen LogP contribution in [0.3, 0.4) is 0 Å². The van der Waals surface area contributed by atoms with Gasteiger partial charge in [0.05, 0.1) is 21.5 Å². The molecule has 130 valence electrons. The molecule has 1 atom stereocenters. The molecule has 2 rings (SSSR count). The number of non-ortho nitro benzene ring substituents is 2. The van der Waals surface area contributed by atoms with E-state index in [1.807, 2.05) is 12.1 Å². The molecule has 25 heavy (non-hydrogen) atoms. The summed E-state index contributed by atoms with van der Waals surface area (Å²) >= 11 is 0. The fourth-order valence-electron chi connectivity index (χ4n) is 2.27. The maximum Gasteiger partial charge on any atom is 0.277 e. The molecule has 8 nitrogen and oxygen atoms in total. The topological polar surface area (TPSA) is 115 Å². The first-order valence-corrected chi connectivity index (χ1v) is 7.67. The Balaban J connectivity index is 2.25. The molecule has 0 radical (unpaired) electrons. The SMILES string of the molecule is CCC(C)c1ccc(NC(=O)c2cc([N+](=O)[O-])cc([N+](=O)[O-])c2)cc1. The largest absolute Gasteiger partial charge is 0.322 e. The number of anilines is 1. The van der Waals surface area contributed by atoms with Crippen molar-refractivity contribution >= 4 is 23.0 Å². The summed E-state index contributed by atoms with van der Waals surface area (Å²) in [5, 5.41) is 24.4. The van der Waals surface area contributed by atoms with Gasteiger partial charge in [0.25, 0.3) is 17.3 Å². The first-order valence-electron chi connectivity index (χ1n) is 7.67. The maximum absolute atomic E-state index is 12.3. The molecule has 1 amide bonds. The molecular formula is C17H17N3O5. The zero-order valence-electron chi connectivity index (χ0n) is 13.8. The van der Waals surface area contributed by atoms with Crippen molar-refractivity contribution in [2.45, 2.75) is 26.2 Å². The van der Waals surface area contributed by atoms with Crippen LogP contribution in [0.4, 0.5) is 17.1 Å². The number of amides is 1. The molecule has 1 unspecified atom stereocenters. The van der Waals surface area contributed by atoms with Crippen LogP contribution in [0.5, 0.6) is 0 Å². The number of nitro benzene ring substituents is 2. The number of nitro groups is 2. The summed E-state index contributed by atoms with van der Waals surface area (Å²) in [6.45, 7) is 4.17. The van der Waals surface area contributed by atoms with Crippen molar-refractivity contribution < 1.29 is 14.6 Å². The van der Waals surface area contributed by atoms with Gasteiger partial charge >= 0.3 is 0 Å². The molecule has 0 aliphatic rings. The van der Waals surface area contributed by atoms with Gasteiger partial charge in [0.1, 0.15) is 0 Å². The minimum absolute atomic E-state index is 0.146. The van der Waals surface area contributed by atoms with Crippen molar-refractivity contribution in [2.75, 3.05) is 5.32 Å². The van der Waals surface area contributed by atoms with E-state index in [1.54, 1.807) is 12.1 Å². The molecule has 0 saturated heterocycles. The Morgan fingerprint density at radius 1 is 1.04 bits per heavy atom. The van der Waals surface area contributed by atoms with Gasteiger partial charge in [0, 0.05) is 17.8 Å². The van der Waals surface area contributed by atoms with Crippen molar-refractivity contribution in [3.63, 3.8) is 0 Å². The Hall–Kier alpha value is -3.29. The van der Waals surface area contributed by atoms with Crippen LogP contribution in [0.15, 0.2) is 42.5 Å². The number of carbonyl (C=O) groups is 1. The highest BCUT2D eigenvalue weighted by Gasteiger charge is 2.20. The zero-order chi connectivity index (χ0) is 18.6. The highest BCUT2D eigenvalue weighted by atomic mass is 16.6. The Morgan fingerprint density at radius 3 is 2.00 bits per heavy atom. The van der Waals surface area contributed by atoms with Gasteiger partial charge in [-0.2, -0.15) is 0 Å². The standard InChI is InChI=1S/C17H17N3O5/c1-3-11(2)12-4-6-14(7-5-12)18-17(21)13-8-15(19(22)23)10-16(9-13)20(24)25/h4-11H,3H2,1-2H3,(H,18,21). The highest BCUT2D eigenvalue weighted by Crippen LogP contribution is 2.24. The Kier molecular flexibility index (Phi) is 5.43. The van der Waals surface area contributed by atoms with E-state index >= 15 is 0 Å². The van der Waals surface area contributed by atoms with Crippen LogP contribution < -0.4 is 5.32 Å². The van der Waals surface area contributed by atoms with Gasteiger partial charge in [-0.05, 0) is 30.0 Å². The molecule has 0 aromatic heterocycles. The summed E-state index contributed by atoms with van der Waals surface area (Å²) in [6, 6.07) is 10.1. The lowest BCUT2D eigenvalue weighted by Gasteiger charge is -2.10. The van der Waals surface area contributed by atoms with Crippen LogP contribution >= 0.6 is 0 Å². The van der Waals surface area contributed by atoms with Crippen LogP contribution in [-0.4, -0.2) is 15.8 Å². The number of benzene rings is 2. The van der Waals surface area contributed by atoms with Gasteiger partial charge in [0.2, 0.25) is 0 Å². The quantitative estimate of drug-likeness (QED) is 0.621. The second-order valence-corrected chi connectivity index (χ2v) is 5.64. The molecule has 0 fully saturated rings. The summed E-state index contributed by atoms with van der Waals surface area (Å²) in [5.74, 6) is -0.257. The summed E-state index contributed by atoms with van der Waals surface area (Å²) in [6.07, 6.45) is 0.989. The van der Waals surface area contributed by atoms with E-state index in [9.17, 15) is 25.0 Å². The van der Waals surface area contributed by atoms with Gasteiger partial charge in [-0.1, -0.05) is 26.0 Å². The van der Waals surface area contributed by atoms with E-state index in [0.717, 1.165) is 30.2 Å². The number of nitrogens with zero attached hydrogens (tertiary/aromatic N) is 2.